The number of benzene rings is 10. The van der Waals surface area contributed by atoms with E-state index >= 15 is 0 Å². The Kier molecular flexibility index (Phi) is 16.8. The van der Waals surface area contributed by atoms with Gasteiger partial charge in [-0.3, -0.25) is 0 Å². The molecule has 3 aliphatic carbocycles. The van der Waals surface area contributed by atoms with Gasteiger partial charge in [0.15, 0.2) is 0 Å². The van der Waals surface area contributed by atoms with Crippen molar-refractivity contribution in [3.63, 3.8) is 0 Å². The zero-order valence-electron chi connectivity index (χ0n) is 53.0. The molecule has 10 aromatic rings. The molecule has 0 saturated carbocycles. The molecule has 0 nitrogen and oxygen atoms in total. The van der Waals surface area contributed by atoms with Crippen LogP contribution in [0.1, 0.15) is 190 Å². The summed E-state index contributed by atoms with van der Waals surface area (Å²) in [4.78, 5) is 0. The van der Waals surface area contributed by atoms with Crippen LogP contribution in [0.5, 0.6) is 0 Å². The van der Waals surface area contributed by atoms with Gasteiger partial charge in [0.05, 0.1) is 0 Å². The zero-order valence-corrected chi connectivity index (χ0v) is 53.0. The molecule has 0 atom stereocenters. The van der Waals surface area contributed by atoms with Gasteiger partial charge in [-0.25, -0.2) is 0 Å². The zero-order chi connectivity index (χ0) is 59.5. The second kappa shape index (κ2) is 25.1. The molecule has 87 heavy (non-hydrogen) atoms. The lowest BCUT2D eigenvalue weighted by atomic mass is 9.70. The van der Waals surface area contributed by atoms with E-state index in [1.807, 2.05) is 0 Å². The monoisotopic (exact) mass is 1130 g/mol. The first kappa shape index (κ1) is 58.2. The number of hydrogen-bond acceptors (Lipinski definition) is 0. The third kappa shape index (κ3) is 10.5. The van der Waals surface area contributed by atoms with Crippen molar-refractivity contribution in [3.05, 3.63) is 252 Å². The number of unbranched alkanes of at least 4 members (excludes halogenated alkanes) is 6. The summed E-state index contributed by atoms with van der Waals surface area (Å²) in [7, 11) is 0. The molecule has 0 fully saturated rings. The second-order valence-corrected chi connectivity index (χ2v) is 26.3. The fourth-order valence-electron chi connectivity index (χ4n) is 16.5. The highest BCUT2D eigenvalue weighted by Gasteiger charge is 2.45. The van der Waals surface area contributed by atoms with Crippen molar-refractivity contribution in [1.82, 2.24) is 0 Å². The van der Waals surface area contributed by atoms with Gasteiger partial charge in [-0.1, -0.05) is 301 Å². The van der Waals surface area contributed by atoms with E-state index < -0.39 is 0 Å². The van der Waals surface area contributed by atoms with Crippen LogP contribution in [0.25, 0.3) is 100 Å². The SMILES string of the molecule is CCCCC1(CCCC)c2ccccc2-c2ccc(-c3ccc(-c4cc(-c5ccc(-c6ccc7c(c6)C(CCCC)(CCCC)c6ccccc6-7)cc5)cc(-c5ccc(-c6ccc7c(c6)C(CCCC)(CCCC)c6ccccc6-7)cc5)c4)cc3)cc21. The molecule has 0 unspecified atom stereocenters. The van der Waals surface area contributed by atoms with Gasteiger partial charge >= 0.3 is 0 Å². The predicted octanol–water partition coefficient (Wildman–Crippen LogP) is 25.6. The summed E-state index contributed by atoms with van der Waals surface area (Å²) < 4.78 is 0. The molecular formula is C87H90. The minimum absolute atomic E-state index is 0.0609. The highest BCUT2D eigenvalue weighted by atomic mass is 14.5. The average molecular weight is 1140 g/mol. The van der Waals surface area contributed by atoms with E-state index in [2.05, 4.69) is 260 Å². The van der Waals surface area contributed by atoms with Gasteiger partial charge in [-0.05, 0) is 208 Å². The van der Waals surface area contributed by atoms with Crippen molar-refractivity contribution in [2.75, 3.05) is 0 Å². The van der Waals surface area contributed by atoms with Crippen LogP contribution in [0.3, 0.4) is 0 Å². The summed E-state index contributed by atoms with van der Waals surface area (Å²) in [5.41, 5.74) is 33.1. The van der Waals surface area contributed by atoms with Gasteiger partial charge in [0.25, 0.3) is 0 Å². The van der Waals surface area contributed by atoms with Gasteiger partial charge in [-0.2, -0.15) is 0 Å². The molecule has 0 heteroatoms. The third-order valence-electron chi connectivity index (χ3n) is 21.1. The van der Waals surface area contributed by atoms with Gasteiger partial charge < -0.3 is 0 Å². The van der Waals surface area contributed by atoms with Crippen LogP contribution >= 0.6 is 0 Å². The molecule has 3 aliphatic rings. The fraction of sp³-hybridized carbons (Fsp3) is 0.310. The van der Waals surface area contributed by atoms with Crippen molar-refractivity contribution >= 4 is 0 Å². The van der Waals surface area contributed by atoms with Crippen LogP contribution in [-0.4, -0.2) is 0 Å². The standard InChI is InChI=1S/C87H90/c1-7-13-49-85(50-14-8-2)79-28-22-19-25-73(79)76-46-43-67(58-82(76)85)61-31-37-64(38-32-61)70-55-71(65-39-33-62(34-40-65)68-44-47-77-74-26-20-23-29-80(74)86(51-15-9-3,52-16-10-4)83(77)59-68)57-72(56-70)66-41-35-63(36-42-66)69-45-48-78-75-27-21-24-30-81(75)87(53-17-11-5,54-18-12-6)84(78)60-69/h19-48,55-60H,7-18,49-54H2,1-6H3. The van der Waals surface area contributed by atoms with Crippen LogP contribution in [0.15, 0.2) is 218 Å². The van der Waals surface area contributed by atoms with Crippen LogP contribution < -0.4 is 0 Å². The summed E-state index contributed by atoms with van der Waals surface area (Å²) in [6.07, 6.45) is 21.9. The molecule has 0 bridgehead atoms. The Balaban J connectivity index is 0.868. The highest BCUT2D eigenvalue weighted by molar-refractivity contribution is 5.89. The Morgan fingerprint density at radius 1 is 0.184 bits per heavy atom. The van der Waals surface area contributed by atoms with Crippen molar-refractivity contribution in [3.8, 4) is 100 Å². The number of hydrogen-bond donors (Lipinski definition) is 0. The molecule has 0 N–H and O–H groups in total. The Morgan fingerprint density at radius 2 is 0.379 bits per heavy atom. The summed E-state index contributed by atoms with van der Waals surface area (Å²) in [5.74, 6) is 0. The normalized spacial score (nSPS) is 14.3. The van der Waals surface area contributed by atoms with Crippen LogP contribution in [0.2, 0.25) is 0 Å². The van der Waals surface area contributed by atoms with Crippen LogP contribution in [-0.2, 0) is 16.2 Å². The molecule has 13 rings (SSSR count). The minimum Gasteiger partial charge on any atom is -0.0654 e. The summed E-state index contributed by atoms with van der Waals surface area (Å²) >= 11 is 0. The maximum absolute atomic E-state index is 2.57. The Morgan fingerprint density at radius 3 is 0.609 bits per heavy atom. The van der Waals surface area contributed by atoms with Crippen molar-refractivity contribution in [2.45, 2.75) is 173 Å². The van der Waals surface area contributed by atoms with Gasteiger partial charge in [0.1, 0.15) is 0 Å². The van der Waals surface area contributed by atoms with Gasteiger partial charge in [0.2, 0.25) is 0 Å². The number of rotatable bonds is 24. The van der Waals surface area contributed by atoms with E-state index in [0.29, 0.717) is 0 Å². The Bertz CT molecular complexity index is 3590. The van der Waals surface area contributed by atoms with Crippen LogP contribution in [0.4, 0.5) is 0 Å². The lowest BCUT2D eigenvalue weighted by Crippen LogP contribution is -2.25. The molecule has 0 radical (unpaired) electrons. The molecule has 0 saturated heterocycles. The maximum atomic E-state index is 2.57. The quantitative estimate of drug-likeness (QED) is 0.0566. The Labute approximate surface area is 522 Å². The largest absolute Gasteiger partial charge is 0.0654 e. The lowest BCUT2D eigenvalue weighted by Gasteiger charge is -2.33. The molecule has 10 aromatic carbocycles. The molecule has 438 valence electrons. The highest BCUT2D eigenvalue weighted by Crippen LogP contribution is 2.58. The van der Waals surface area contributed by atoms with E-state index in [0.717, 1.165) is 0 Å². The number of fused-ring (bicyclic) bond motifs is 9. The lowest BCUT2D eigenvalue weighted by molar-refractivity contribution is 0.414. The average Bonchev–Trinajstić information content (AvgIpc) is 1.63. The maximum Gasteiger partial charge on any atom is 0.0215 e. The van der Waals surface area contributed by atoms with Gasteiger partial charge in [-0.15, -0.1) is 0 Å². The van der Waals surface area contributed by atoms with Crippen LogP contribution in [0, 0.1) is 0 Å². The van der Waals surface area contributed by atoms with Crippen molar-refractivity contribution < 1.29 is 0 Å². The van der Waals surface area contributed by atoms with Gasteiger partial charge in [0, 0.05) is 16.2 Å². The van der Waals surface area contributed by atoms with E-state index in [1.54, 1.807) is 0 Å². The molecular weight excluding hydrogens is 1040 g/mol. The molecule has 0 aromatic heterocycles. The summed E-state index contributed by atoms with van der Waals surface area (Å²) in [6.45, 7) is 14.1. The van der Waals surface area contributed by atoms with E-state index in [4.69, 9.17) is 0 Å². The first-order valence-corrected chi connectivity index (χ1v) is 34.0. The van der Waals surface area contributed by atoms with E-state index in [-0.39, 0.29) is 16.2 Å². The third-order valence-corrected chi connectivity index (χ3v) is 21.1. The van der Waals surface area contributed by atoms with E-state index in [1.165, 1.54) is 249 Å². The topological polar surface area (TPSA) is 0 Å². The molecule has 0 aliphatic heterocycles. The molecule has 0 amide bonds. The molecule has 0 heterocycles. The fourth-order valence-corrected chi connectivity index (χ4v) is 16.5. The smallest absolute Gasteiger partial charge is 0.0215 e. The molecule has 0 spiro atoms. The minimum atomic E-state index is 0.0609. The van der Waals surface area contributed by atoms with Crippen molar-refractivity contribution in [1.29, 1.82) is 0 Å². The second-order valence-electron chi connectivity index (χ2n) is 26.3. The Hall–Kier alpha value is -7.80. The first-order valence-electron chi connectivity index (χ1n) is 34.0. The van der Waals surface area contributed by atoms with E-state index in [9.17, 15) is 0 Å². The van der Waals surface area contributed by atoms with Crippen molar-refractivity contribution in [2.24, 2.45) is 0 Å². The first-order chi connectivity index (χ1) is 42.8. The predicted molar refractivity (Wildman–Crippen MR) is 375 cm³/mol. The summed E-state index contributed by atoms with van der Waals surface area (Å²) in [5, 5.41) is 0. The summed E-state index contributed by atoms with van der Waals surface area (Å²) in [6, 6.07) is 85.7.